The van der Waals surface area contributed by atoms with E-state index in [1.165, 1.54) is 101 Å². The molecule has 16 saturated carbocycles. The highest BCUT2D eigenvalue weighted by Crippen LogP contribution is 3.33. The molecule has 0 heterocycles. The van der Waals surface area contributed by atoms with E-state index in [9.17, 15) is 0 Å². The van der Waals surface area contributed by atoms with Gasteiger partial charge in [-0.2, -0.15) is 0 Å². The highest BCUT2D eigenvalue weighted by atomic mass is 15.3. The lowest BCUT2D eigenvalue weighted by Gasteiger charge is -3.32. The van der Waals surface area contributed by atoms with Crippen molar-refractivity contribution in [3.63, 3.8) is 0 Å². The standard InChI is InChI=1S/C28H27B/c29-21-5-1-7-11-15-19-17-13-9-3-6-4-10-14-18-20-16-12-8(2-5)23(7,21)25(11,12)27(15,16)28(19,20)26(17,18)24(13,14)22(6,9)10/h5-21H,1-4,29H2. The Morgan fingerprint density at radius 3 is 1.38 bits per heavy atom. The zero-order valence-electron chi connectivity index (χ0n) is 17.1. The fraction of sp³-hybridized carbons (Fsp3) is 1.00. The quantitative estimate of drug-likeness (QED) is 0.572. The van der Waals surface area contributed by atoms with E-state index in [-0.39, 0.29) is 0 Å². The highest BCUT2D eigenvalue weighted by molar-refractivity contribution is 6.13. The van der Waals surface area contributed by atoms with Gasteiger partial charge in [0.2, 0.25) is 0 Å². The van der Waals surface area contributed by atoms with Crippen LogP contribution in [0.15, 0.2) is 0 Å². The number of rotatable bonds is 0. The van der Waals surface area contributed by atoms with Crippen molar-refractivity contribution >= 4 is 7.85 Å². The first-order valence-corrected chi connectivity index (χ1v) is 14.3. The molecule has 15 unspecified atom stereocenters. The zero-order chi connectivity index (χ0) is 17.1. The SMILES string of the molecule is BC1C2CC3C4C5C6C7C8C9CC%10CC%11C%12C%13C%14C%15C%16C(C2)C13C4%16C5%15C6%14C7%13C8%12C%109%11. The van der Waals surface area contributed by atoms with Gasteiger partial charge >= 0.3 is 0 Å². The third kappa shape index (κ3) is 0.401. The van der Waals surface area contributed by atoms with Crippen LogP contribution in [-0.4, -0.2) is 7.85 Å². The fourth-order valence-corrected chi connectivity index (χ4v) is 24.1. The van der Waals surface area contributed by atoms with E-state index in [0.29, 0.717) is 0 Å². The second-order valence-electron chi connectivity index (χ2n) is 17.1. The Morgan fingerprint density at radius 2 is 0.862 bits per heavy atom. The molecule has 142 valence electrons. The van der Waals surface area contributed by atoms with Gasteiger partial charge in [0.05, 0.1) is 0 Å². The molecule has 16 fully saturated rings. The van der Waals surface area contributed by atoms with Gasteiger partial charge in [-0.15, -0.1) is 0 Å². The molecule has 0 N–H and O–H groups in total. The molecule has 0 radical (unpaired) electrons. The molecule has 16 aliphatic rings. The molecule has 2 bridgehead atoms. The molecule has 7 spiro atoms. The summed E-state index contributed by atoms with van der Waals surface area (Å²) in [5.74, 6) is 22.3. The van der Waals surface area contributed by atoms with Crippen LogP contribution in [0.1, 0.15) is 25.7 Å². The van der Waals surface area contributed by atoms with Gasteiger partial charge < -0.3 is 0 Å². The van der Waals surface area contributed by atoms with Crippen molar-refractivity contribution in [1.29, 1.82) is 0 Å². The van der Waals surface area contributed by atoms with Crippen molar-refractivity contribution < 1.29 is 0 Å². The largest absolute Gasteiger partial charge is 0.106 e. The molecule has 16 aliphatic carbocycles. The predicted octanol–water partition coefficient (Wildman–Crippen LogP) is 2.95. The van der Waals surface area contributed by atoms with Gasteiger partial charge in [-0.05, 0) is 158 Å². The molecule has 0 aromatic heterocycles. The van der Waals surface area contributed by atoms with E-state index in [0.717, 1.165) is 37.9 Å². The Morgan fingerprint density at radius 1 is 0.448 bits per heavy atom. The maximum Gasteiger partial charge on any atom is 0.106 e. The van der Waals surface area contributed by atoms with Crippen molar-refractivity contribution in [3.05, 3.63) is 0 Å². The fourth-order valence-electron chi connectivity index (χ4n) is 24.1. The van der Waals surface area contributed by atoms with Crippen molar-refractivity contribution in [3.8, 4) is 0 Å². The zero-order valence-corrected chi connectivity index (χ0v) is 17.1. The van der Waals surface area contributed by atoms with Gasteiger partial charge in [0.15, 0.2) is 0 Å². The van der Waals surface area contributed by atoms with Gasteiger partial charge in [-0.1, -0.05) is 5.82 Å². The van der Waals surface area contributed by atoms with Crippen LogP contribution in [0.5, 0.6) is 0 Å². The maximum atomic E-state index is 2.79. The maximum absolute atomic E-state index is 2.79. The Kier molecular flexibility index (Phi) is 0.887. The van der Waals surface area contributed by atoms with E-state index in [4.69, 9.17) is 0 Å². The van der Waals surface area contributed by atoms with E-state index in [2.05, 4.69) is 7.85 Å². The van der Waals surface area contributed by atoms with Gasteiger partial charge in [0.1, 0.15) is 7.85 Å². The van der Waals surface area contributed by atoms with Gasteiger partial charge in [0.25, 0.3) is 0 Å². The Labute approximate surface area is 172 Å². The Bertz CT molecular complexity index is 1210. The van der Waals surface area contributed by atoms with E-state index < -0.39 is 0 Å². The second-order valence-corrected chi connectivity index (χ2v) is 17.1. The van der Waals surface area contributed by atoms with Crippen molar-refractivity contribution in [2.45, 2.75) is 31.5 Å². The predicted molar refractivity (Wildman–Crippen MR) is 104 cm³/mol. The first kappa shape index (κ1) is 11.8. The summed E-state index contributed by atoms with van der Waals surface area (Å²) in [6.07, 6.45) is 6.91. The first-order valence-electron chi connectivity index (χ1n) is 14.3. The third-order valence-corrected chi connectivity index (χ3v) is 21.0. The van der Waals surface area contributed by atoms with Crippen LogP contribution >= 0.6 is 0 Å². The number of hydrogen-bond acceptors (Lipinski definition) is 0. The summed E-state index contributed by atoms with van der Waals surface area (Å²) in [6, 6.07) is 0. The van der Waals surface area contributed by atoms with Crippen LogP contribution in [0.4, 0.5) is 0 Å². The minimum absolute atomic E-state index is 0.986. The van der Waals surface area contributed by atoms with Crippen molar-refractivity contribution in [1.82, 2.24) is 0 Å². The number of fused-ring (bicyclic) bond motifs is 13. The van der Waals surface area contributed by atoms with E-state index in [1.54, 1.807) is 25.7 Å². The third-order valence-electron chi connectivity index (χ3n) is 21.0. The van der Waals surface area contributed by atoms with E-state index in [1.807, 2.05) is 0 Å². The second kappa shape index (κ2) is 2.18. The molecular weight excluding hydrogens is 347 g/mol. The minimum atomic E-state index is 0.986. The summed E-state index contributed by atoms with van der Waals surface area (Å²) in [6.45, 7) is 0. The van der Waals surface area contributed by atoms with Crippen LogP contribution in [0.2, 0.25) is 5.82 Å². The summed E-state index contributed by atoms with van der Waals surface area (Å²) in [5.41, 5.74) is 7.41. The molecule has 16 rings (SSSR count). The number of hydrogen-bond donors (Lipinski definition) is 0. The lowest BCUT2D eigenvalue weighted by molar-refractivity contribution is -0.868. The molecule has 0 aromatic carbocycles. The Hall–Kier alpha value is 0.0649. The van der Waals surface area contributed by atoms with Crippen LogP contribution in [0.25, 0.3) is 0 Å². The lowest BCUT2D eigenvalue weighted by Crippen LogP contribution is -3.30. The molecular formula is C28H27B. The van der Waals surface area contributed by atoms with Crippen LogP contribution < -0.4 is 0 Å². The molecule has 1 heteroatoms. The Balaban J connectivity index is 1.03. The van der Waals surface area contributed by atoms with Gasteiger partial charge in [-0.3, -0.25) is 0 Å². The highest BCUT2D eigenvalue weighted by Gasteiger charge is 3.31. The average Bonchev–Trinajstić information content (AvgIpc) is 3.01. The van der Waals surface area contributed by atoms with Crippen molar-refractivity contribution in [2.24, 2.45) is 133 Å². The molecule has 0 aromatic rings. The summed E-state index contributed by atoms with van der Waals surface area (Å²) >= 11 is 0. The summed E-state index contributed by atoms with van der Waals surface area (Å²) in [7, 11) is 2.79. The molecule has 15 atom stereocenters. The minimum Gasteiger partial charge on any atom is -0.0603 e. The van der Waals surface area contributed by atoms with Crippen LogP contribution in [-0.2, 0) is 0 Å². The molecule has 0 nitrogen and oxygen atoms in total. The summed E-state index contributed by atoms with van der Waals surface area (Å²) in [5, 5.41) is 0. The average molecular weight is 374 g/mol. The monoisotopic (exact) mass is 374 g/mol. The normalized spacial score (nSPS) is 113. The molecule has 29 heavy (non-hydrogen) atoms. The molecule has 0 amide bonds. The van der Waals surface area contributed by atoms with Crippen LogP contribution in [0, 0.1) is 133 Å². The van der Waals surface area contributed by atoms with E-state index >= 15 is 0 Å². The summed E-state index contributed by atoms with van der Waals surface area (Å²) < 4.78 is 0. The molecule has 0 aliphatic heterocycles. The van der Waals surface area contributed by atoms with Crippen LogP contribution in [0.3, 0.4) is 0 Å². The first-order chi connectivity index (χ1) is 14.3. The smallest absolute Gasteiger partial charge is 0.0603 e. The van der Waals surface area contributed by atoms with Crippen molar-refractivity contribution in [2.75, 3.05) is 0 Å². The summed E-state index contributed by atoms with van der Waals surface area (Å²) in [4.78, 5) is 0. The van der Waals surface area contributed by atoms with Gasteiger partial charge in [-0.25, -0.2) is 0 Å². The lowest BCUT2D eigenvalue weighted by atomic mass is 8.71. The molecule has 0 saturated heterocycles. The van der Waals surface area contributed by atoms with Gasteiger partial charge in [0, 0.05) is 0 Å². The topological polar surface area (TPSA) is 0 Å².